The molecule has 72 valence electrons. The molecule has 0 aliphatic heterocycles. The van der Waals surface area contributed by atoms with Crippen LogP contribution in [0.3, 0.4) is 0 Å². The lowest BCUT2D eigenvalue weighted by atomic mass is 10.2. The Hall–Kier alpha value is -1.06. The van der Waals surface area contributed by atoms with Gasteiger partial charge in [-0.3, -0.25) is 0 Å². The maximum Gasteiger partial charge on any atom is 0.312 e. The van der Waals surface area contributed by atoms with Crippen LogP contribution in [-0.2, 0) is 4.79 Å². The predicted molar refractivity (Wildman–Crippen MR) is 48.8 cm³/mol. The van der Waals surface area contributed by atoms with E-state index in [4.69, 9.17) is 10.5 Å². The quantitative estimate of drug-likeness (QED) is 0.611. The Labute approximate surface area is 73.5 Å². The van der Waals surface area contributed by atoms with Crippen molar-refractivity contribution in [3.05, 3.63) is 0 Å². The Morgan fingerprint density at radius 2 is 1.92 bits per heavy atom. The minimum atomic E-state index is -0.420. The summed E-state index contributed by atoms with van der Waals surface area (Å²) in [5, 5.41) is 2.54. The van der Waals surface area contributed by atoms with Gasteiger partial charge in [-0.05, 0) is 6.42 Å². The van der Waals surface area contributed by atoms with Gasteiger partial charge in [0.2, 0.25) is 0 Å². The summed E-state index contributed by atoms with van der Waals surface area (Å²) < 4.78 is 0. The molecule has 0 spiro atoms. The second kappa shape index (κ2) is 12.6. The van der Waals surface area contributed by atoms with Gasteiger partial charge in [0.15, 0.2) is 0 Å². The number of amides is 2. The first-order valence-corrected chi connectivity index (χ1v) is 4.09. The third kappa shape index (κ3) is 16.0. The topological polar surface area (TPSA) is 72.2 Å². The average molecular weight is 174 g/mol. The van der Waals surface area contributed by atoms with Crippen LogP contribution in [0, 0.1) is 0 Å². The van der Waals surface area contributed by atoms with E-state index in [1.807, 2.05) is 6.79 Å². The highest BCUT2D eigenvalue weighted by Crippen LogP contribution is 1.96. The van der Waals surface area contributed by atoms with E-state index >= 15 is 0 Å². The Morgan fingerprint density at radius 1 is 1.33 bits per heavy atom. The van der Waals surface area contributed by atoms with E-state index in [0.29, 0.717) is 0 Å². The Balaban J connectivity index is 0. The van der Waals surface area contributed by atoms with Crippen LogP contribution < -0.4 is 11.1 Å². The fourth-order valence-electron chi connectivity index (χ4n) is 0.763. The van der Waals surface area contributed by atoms with Crippen LogP contribution in [-0.4, -0.2) is 19.4 Å². The van der Waals surface area contributed by atoms with Gasteiger partial charge < -0.3 is 15.8 Å². The molecule has 0 radical (unpaired) electrons. The molecule has 4 heteroatoms. The monoisotopic (exact) mass is 174 g/mol. The number of hydrogen-bond acceptors (Lipinski definition) is 2. The van der Waals surface area contributed by atoms with Crippen LogP contribution in [0.4, 0.5) is 4.79 Å². The number of hydrogen-bond donors (Lipinski definition) is 2. The molecule has 0 heterocycles. The van der Waals surface area contributed by atoms with Crippen molar-refractivity contribution < 1.29 is 9.59 Å². The summed E-state index contributed by atoms with van der Waals surface area (Å²) in [5.74, 6) is 0. The number of carbonyl (C=O) groups is 2. The van der Waals surface area contributed by atoms with Crippen molar-refractivity contribution in [1.82, 2.24) is 5.32 Å². The normalized spacial score (nSPS) is 8.08. The van der Waals surface area contributed by atoms with E-state index < -0.39 is 6.03 Å². The number of primary amides is 1. The van der Waals surface area contributed by atoms with Gasteiger partial charge in [-0.1, -0.05) is 26.2 Å². The third-order valence-electron chi connectivity index (χ3n) is 1.33. The van der Waals surface area contributed by atoms with Gasteiger partial charge in [0.1, 0.15) is 6.79 Å². The van der Waals surface area contributed by atoms with Crippen LogP contribution in [0.5, 0.6) is 0 Å². The first-order valence-electron chi connectivity index (χ1n) is 4.09. The zero-order valence-electron chi connectivity index (χ0n) is 7.64. The van der Waals surface area contributed by atoms with Gasteiger partial charge in [-0.15, -0.1) is 0 Å². The number of unbranched alkanes of at least 4 members (excludes halogenated alkanes) is 3. The van der Waals surface area contributed by atoms with E-state index in [2.05, 4.69) is 12.2 Å². The summed E-state index contributed by atoms with van der Waals surface area (Å²) in [6, 6.07) is -0.420. The summed E-state index contributed by atoms with van der Waals surface area (Å²) in [7, 11) is 0. The lowest BCUT2D eigenvalue weighted by Crippen LogP contribution is -2.29. The van der Waals surface area contributed by atoms with Crippen molar-refractivity contribution in [2.75, 3.05) is 6.54 Å². The van der Waals surface area contributed by atoms with Crippen LogP contribution in [0.2, 0.25) is 0 Å². The molecule has 0 aromatic rings. The highest BCUT2D eigenvalue weighted by atomic mass is 16.2. The van der Waals surface area contributed by atoms with E-state index in [-0.39, 0.29) is 0 Å². The van der Waals surface area contributed by atoms with Gasteiger partial charge in [-0.25, -0.2) is 4.79 Å². The lowest BCUT2D eigenvalue weighted by molar-refractivity contribution is -0.0979. The molecule has 0 aliphatic carbocycles. The smallest absolute Gasteiger partial charge is 0.312 e. The van der Waals surface area contributed by atoms with Crippen LogP contribution in [0.15, 0.2) is 0 Å². The highest BCUT2D eigenvalue weighted by Gasteiger charge is 1.89. The zero-order valence-corrected chi connectivity index (χ0v) is 7.64. The highest BCUT2D eigenvalue weighted by molar-refractivity contribution is 5.71. The van der Waals surface area contributed by atoms with Gasteiger partial charge in [-0.2, -0.15) is 0 Å². The molecule has 0 saturated carbocycles. The molecule has 2 amide bonds. The fraction of sp³-hybridized carbons (Fsp3) is 0.750. The molecular formula is C8H18N2O2. The Kier molecular flexibility index (Phi) is 14.2. The lowest BCUT2D eigenvalue weighted by Gasteiger charge is -1.99. The van der Waals surface area contributed by atoms with Gasteiger partial charge in [0.05, 0.1) is 0 Å². The van der Waals surface area contributed by atoms with Crippen LogP contribution >= 0.6 is 0 Å². The number of urea groups is 1. The Morgan fingerprint density at radius 3 is 2.33 bits per heavy atom. The molecule has 0 saturated heterocycles. The average Bonchev–Trinajstić information content (AvgIpc) is 2.07. The maximum absolute atomic E-state index is 10.1. The van der Waals surface area contributed by atoms with Crippen molar-refractivity contribution in [2.45, 2.75) is 32.6 Å². The summed E-state index contributed by atoms with van der Waals surface area (Å²) in [5.41, 5.74) is 4.86. The molecule has 0 rings (SSSR count). The first-order chi connectivity index (χ1) is 5.77. The van der Waals surface area contributed by atoms with Crippen molar-refractivity contribution in [3.63, 3.8) is 0 Å². The van der Waals surface area contributed by atoms with Crippen molar-refractivity contribution >= 4 is 12.8 Å². The molecule has 0 aromatic carbocycles. The molecule has 4 nitrogen and oxygen atoms in total. The standard InChI is InChI=1S/C7H16N2O.CH2O/c1-2-3-4-5-6-9-7(8)10;1-2/h2-6H2,1H3,(H3,8,9,10);1H2. The van der Waals surface area contributed by atoms with Crippen molar-refractivity contribution in [3.8, 4) is 0 Å². The van der Waals surface area contributed by atoms with E-state index in [0.717, 1.165) is 13.0 Å². The third-order valence-corrected chi connectivity index (χ3v) is 1.33. The van der Waals surface area contributed by atoms with E-state index in [9.17, 15) is 4.79 Å². The van der Waals surface area contributed by atoms with E-state index in [1.54, 1.807) is 0 Å². The minimum absolute atomic E-state index is 0.420. The SMILES string of the molecule is C=O.CCCCCCNC(N)=O. The number of nitrogens with two attached hydrogens (primary N) is 1. The zero-order chi connectivity index (χ0) is 9.82. The van der Waals surface area contributed by atoms with E-state index in [1.165, 1.54) is 19.3 Å². The number of nitrogens with one attached hydrogen (secondary N) is 1. The van der Waals surface area contributed by atoms with Gasteiger partial charge >= 0.3 is 6.03 Å². The molecule has 12 heavy (non-hydrogen) atoms. The molecular weight excluding hydrogens is 156 g/mol. The molecule has 3 N–H and O–H groups in total. The van der Waals surface area contributed by atoms with Crippen LogP contribution in [0.25, 0.3) is 0 Å². The van der Waals surface area contributed by atoms with Gasteiger partial charge in [0, 0.05) is 6.54 Å². The van der Waals surface area contributed by atoms with Crippen molar-refractivity contribution in [2.24, 2.45) is 5.73 Å². The number of carbonyl (C=O) groups excluding carboxylic acids is 2. The molecule has 0 fully saturated rings. The van der Waals surface area contributed by atoms with Crippen molar-refractivity contribution in [1.29, 1.82) is 0 Å². The van der Waals surface area contributed by atoms with Gasteiger partial charge in [0.25, 0.3) is 0 Å². The molecule has 0 aliphatic rings. The fourth-order valence-corrected chi connectivity index (χ4v) is 0.763. The maximum atomic E-state index is 10.1. The molecule has 0 aromatic heterocycles. The molecule has 0 unspecified atom stereocenters. The second-order valence-electron chi connectivity index (χ2n) is 2.35. The Bertz CT molecular complexity index is 107. The molecule has 0 atom stereocenters. The largest absolute Gasteiger partial charge is 0.352 e. The number of rotatable bonds is 5. The molecule has 0 bridgehead atoms. The summed E-state index contributed by atoms with van der Waals surface area (Å²) in [4.78, 5) is 18.1. The second-order valence-corrected chi connectivity index (χ2v) is 2.35. The summed E-state index contributed by atoms with van der Waals surface area (Å²) in [6.07, 6.45) is 4.67. The first kappa shape index (κ1) is 13.5. The summed E-state index contributed by atoms with van der Waals surface area (Å²) in [6.45, 7) is 4.87. The predicted octanol–water partition coefficient (Wildman–Crippen LogP) is 1.05. The summed E-state index contributed by atoms with van der Waals surface area (Å²) >= 11 is 0. The minimum Gasteiger partial charge on any atom is -0.352 e. The van der Waals surface area contributed by atoms with Crippen LogP contribution in [0.1, 0.15) is 32.6 Å².